The summed E-state index contributed by atoms with van der Waals surface area (Å²) in [7, 11) is 0. The third-order valence-corrected chi connectivity index (χ3v) is 6.97. The van der Waals surface area contributed by atoms with Gasteiger partial charge in [0.05, 0.1) is 10.6 Å². The van der Waals surface area contributed by atoms with Crippen molar-refractivity contribution in [3.63, 3.8) is 0 Å². The summed E-state index contributed by atoms with van der Waals surface area (Å²) in [5, 5.41) is 11.5. The Kier molecular flexibility index (Phi) is 4.92. The Bertz CT molecular complexity index is 1060. The Morgan fingerprint density at radius 2 is 2.17 bits per heavy atom. The van der Waals surface area contributed by atoms with E-state index in [9.17, 15) is 4.79 Å². The van der Waals surface area contributed by atoms with Gasteiger partial charge in [0.1, 0.15) is 0 Å². The van der Waals surface area contributed by atoms with E-state index in [4.69, 9.17) is 13.9 Å². The number of thioether (sulfide) groups is 1. The van der Waals surface area contributed by atoms with Gasteiger partial charge in [0.2, 0.25) is 12.7 Å². The van der Waals surface area contributed by atoms with Gasteiger partial charge in [-0.2, -0.15) is 0 Å². The van der Waals surface area contributed by atoms with Gasteiger partial charge in [0.25, 0.3) is 11.1 Å². The second kappa shape index (κ2) is 7.72. The number of carbonyl (C=O) groups excluding carboxylic acids is 1. The number of nitrogens with zero attached hydrogens (tertiary/aromatic N) is 2. The van der Waals surface area contributed by atoms with Gasteiger partial charge >= 0.3 is 0 Å². The minimum absolute atomic E-state index is 0.158. The molecular weight excluding hydrogens is 410 g/mol. The molecule has 7 nitrogen and oxygen atoms in total. The summed E-state index contributed by atoms with van der Waals surface area (Å²) in [6, 6.07) is 7.47. The average Bonchev–Trinajstić information content (AvgIpc) is 3.44. The lowest BCUT2D eigenvalue weighted by molar-refractivity contribution is -0.113. The van der Waals surface area contributed by atoms with Crippen LogP contribution in [-0.2, 0) is 17.6 Å². The summed E-state index contributed by atoms with van der Waals surface area (Å²) in [6.07, 6.45) is 3.47. The van der Waals surface area contributed by atoms with E-state index in [2.05, 4.69) is 28.5 Å². The molecule has 5 rings (SSSR count). The Balaban J connectivity index is 1.19. The van der Waals surface area contributed by atoms with Crippen molar-refractivity contribution >= 4 is 34.7 Å². The van der Waals surface area contributed by atoms with Crippen LogP contribution < -0.4 is 14.8 Å². The lowest BCUT2D eigenvalue weighted by atomic mass is 9.90. The predicted octanol–water partition coefficient (Wildman–Crippen LogP) is 4.38. The van der Waals surface area contributed by atoms with Gasteiger partial charge in [0.15, 0.2) is 11.5 Å². The van der Waals surface area contributed by atoms with Crippen LogP contribution in [0.1, 0.15) is 23.8 Å². The van der Waals surface area contributed by atoms with E-state index in [0.29, 0.717) is 28.3 Å². The number of rotatable bonds is 5. The first-order valence-electron chi connectivity index (χ1n) is 9.42. The van der Waals surface area contributed by atoms with E-state index in [-0.39, 0.29) is 18.5 Å². The van der Waals surface area contributed by atoms with Gasteiger partial charge in [-0.3, -0.25) is 4.79 Å². The van der Waals surface area contributed by atoms with E-state index in [1.807, 2.05) is 0 Å². The van der Waals surface area contributed by atoms with E-state index in [1.54, 1.807) is 29.5 Å². The van der Waals surface area contributed by atoms with Crippen molar-refractivity contribution in [1.29, 1.82) is 0 Å². The zero-order valence-electron chi connectivity index (χ0n) is 15.8. The first kappa shape index (κ1) is 18.5. The minimum Gasteiger partial charge on any atom is -0.454 e. The van der Waals surface area contributed by atoms with Crippen LogP contribution >= 0.6 is 23.1 Å². The van der Waals surface area contributed by atoms with Crippen LogP contribution in [0, 0.1) is 5.92 Å². The highest BCUT2D eigenvalue weighted by atomic mass is 32.2. The Hall–Kier alpha value is -2.52. The topological polar surface area (TPSA) is 86.5 Å². The highest BCUT2D eigenvalue weighted by Crippen LogP contribution is 2.37. The molecule has 2 aliphatic rings. The highest BCUT2D eigenvalue weighted by molar-refractivity contribution is 7.99. The molecule has 0 radical (unpaired) electrons. The summed E-state index contributed by atoms with van der Waals surface area (Å²) in [6.45, 7) is 2.49. The first-order valence-corrected chi connectivity index (χ1v) is 11.2. The summed E-state index contributed by atoms with van der Waals surface area (Å²) in [4.78, 5) is 14.7. The van der Waals surface area contributed by atoms with Crippen LogP contribution in [-0.4, -0.2) is 28.7 Å². The molecule has 0 unspecified atom stereocenters. The molecule has 1 atom stereocenters. The number of aryl methyl sites for hydroxylation is 1. The third-order valence-electron chi connectivity index (χ3n) is 4.93. The molecule has 2 aromatic heterocycles. The fourth-order valence-corrected chi connectivity index (χ4v) is 5.17. The number of amides is 1. The molecule has 150 valence electrons. The smallest absolute Gasteiger partial charge is 0.277 e. The zero-order chi connectivity index (χ0) is 19.8. The maximum atomic E-state index is 12.2. The van der Waals surface area contributed by atoms with Gasteiger partial charge < -0.3 is 19.2 Å². The van der Waals surface area contributed by atoms with Crippen molar-refractivity contribution in [2.75, 3.05) is 17.9 Å². The van der Waals surface area contributed by atoms with Crippen molar-refractivity contribution in [1.82, 2.24) is 10.2 Å². The van der Waals surface area contributed by atoms with Gasteiger partial charge in [-0.1, -0.05) is 18.7 Å². The quantitative estimate of drug-likeness (QED) is 0.602. The molecule has 3 heterocycles. The summed E-state index contributed by atoms with van der Waals surface area (Å²) < 4.78 is 16.4. The van der Waals surface area contributed by atoms with Crippen LogP contribution in [0.4, 0.5) is 5.69 Å². The fraction of sp³-hybridized carbons (Fsp3) is 0.350. The molecule has 0 saturated carbocycles. The fourth-order valence-electron chi connectivity index (χ4n) is 3.48. The van der Waals surface area contributed by atoms with Crippen molar-refractivity contribution in [2.24, 2.45) is 5.92 Å². The van der Waals surface area contributed by atoms with Crippen molar-refractivity contribution in [3.8, 4) is 22.3 Å². The number of carbonyl (C=O) groups is 1. The number of aromatic nitrogens is 2. The molecule has 29 heavy (non-hydrogen) atoms. The minimum atomic E-state index is -0.158. The Morgan fingerprint density at radius 3 is 3.10 bits per heavy atom. The maximum absolute atomic E-state index is 12.2. The number of hydrogen-bond donors (Lipinski definition) is 1. The summed E-state index contributed by atoms with van der Waals surface area (Å²) >= 11 is 2.95. The number of anilines is 1. The number of hydrogen-bond acceptors (Lipinski definition) is 8. The monoisotopic (exact) mass is 429 g/mol. The maximum Gasteiger partial charge on any atom is 0.277 e. The largest absolute Gasteiger partial charge is 0.454 e. The lowest BCUT2D eigenvalue weighted by Crippen LogP contribution is -2.13. The van der Waals surface area contributed by atoms with E-state index >= 15 is 0 Å². The Morgan fingerprint density at radius 1 is 1.28 bits per heavy atom. The second-order valence-corrected chi connectivity index (χ2v) is 9.25. The van der Waals surface area contributed by atoms with Crippen LogP contribution in [0.2, 0.25) is 0 Å². The van der Waals surface area contributed by atoms with Gasteiger partial charge in [0, 0.05) is 16.6 Å². The molecule has 9 heteroatoms. The van der Waals surface area contributed by atoms with Gasteiger partial charge in [-0.15, -0.1) is 21.5 Å². The molecule has 0 spiro atoms. The number of benzene rings is 1. The standard InChI is InChI=1S/C20H19N3O4S2/c1-11-2-5-16-12(6-11)7-17(29-16)19-22-23-20(27-19)28-9-18(24)21-13-3-4-14-15(8-13)26-10-25-14/h3-4,7-8,11H,2,5-6,9-10H2,1H3,(H,21,24)/t11-/m1/s1. The number of nitrogens with one attached hydrogen (secondary N) is 1. The van der Waals surface area contributed by atoms with Crippen molar-refractivity contribution < 1.29 is 18.7 Å². The van der Waals surface area contributed by atoms with Crippen LogP contribution in [0.25, 0.3) is 10.8 Å². The summed E-state index contributed by atoms with van der Waals surface area (Å²) in [5.74, 6) is 2.58. The average molecular weight is 430 g/mol. The van der Waals surface area contributed by atoms with Crippen LogP contribution in [0.5, 0.6) is 11.5 Å². The molecule has 0 bridgehead atoms. The lowest BCUT2D eigenvalue weighted by Gasteiger charge is -2.16. The normalized spacial score (nSPS) is 17.2. The Labute approximate surface area is 175 Å². The van der Waals surface area contributed by atoms with Crippen LogP contribution in [0.3, 0.4) is 0 Å². The molecular formula is C20H19N3O4S2. The van der Waals surface area contributed by atoms with E-state index < -0.39 is 0 Å². The molecule has 1 aliphatic carbocycles. The second-order valence-electron chi connectivity index (χ2n) is 7.19. The third kappa shape index (κ3) is 3.97. The number of ether oxygens (including phenoxy) is 2. The van der Waals surface area contributed by atoms with E-state index in [0.717, 1.165) is 23.6 Å². The molecule has 1 N–H and O–H groups in total. The van der Waals surface area contributed by atoms with Crippen molar-refractivity contribution in [3.05, 3.63) is 34.7 Å². The SMILES string of the molecule is C[C@@H]1CCc2sc(-c3nnc(SCC(=O)Nc4ccc5c(c4)OCO5)o3)cc2C1. The number of thiophene rings is 1. The molecule has 3 aromatic rings. The first-order chi connectivity index (χ1) is 14.1. The summed E-state index contributed by atoms with van der Waals surface area (Å²) in [5.41, 5.74) is 2.06. The molecule has 1 aliphatic heterocycles. The van der Waals surface area contributed by atoms with E-state index in [1.165, 1.54) is 28.6 Å². The molecule has 0 saturated heterocycles. The number of fused-ring (bicyclic) bond motifs is 2. The van der Waals surface area contributed by atoms with Gasteiger partial charge in [-0.05, 0) is 48.9 Å². The molecule has 1 amide bonds. The highest BCUT2D eigenvalue weighted by Gasteiger charge is 2.21. The van der Waals surface area contributed by atoms with Gasteiger partial charge in [-0.25, -0.2) is 0 Å². The molecule has 0 fully saturated rings. The zero-order valence-corrected chi connectivity index (χ0v) is 17.4. The predicted molar refractivity (Wildman–Crippen MR) is 111 cm³/mol. The molecule has 1 aromatic carbocycles. The van der Waals surface area contributed by atoms with Crippen LogP contribution in [0.15, 0.2) is 33.9 Å². The van der Waals surface area contributed by atoms with Crippen molar-refractivity contribution in [2.45, 2.75) is 31.4 Å².